The van der Waals surface area contributed by atoms with Crippen LogP contribution in [0.25, 0.3) is 0 Å². The first-order valence-corrected chi connectivity index (χ1v) is 9.08. The molecule has 0 spiro atoms. The molecule has 1 fully saturated rings. The minimum atomic E-state index is -0.210. The Labute approximate surface area is 146 Å². The molecule has 8 heteroatoms. The molecule has 0 aromatic carbocycles. The SMILES string of the molecule is CC1CCCN1C1=C(Cl)C=CCN1C(=O)Nc1ncc(Br)s1. The van der Waals surface area contributed by atoms with Crippen LogP contribution < -0.4 is 5.32 Å². The molecular weight excluding hydrogens is 388 g/mol. The Morgan fingerprint density at radius 2 is 2.41 bits per heavy atom. The van der Waals surface area contributed by atoms with Gasteiger partial charge in [-0.25, -0.2) is 9.78 Å². The van der Waals surface area contributed by atoms with E-state index < -0.39 is 0 Å². The molecule has 1 unspecified atom stereocenters. The lowest BCUT2D eigenvalue weighted by molar-refractivity contribution is 0.197. The summed E-state index contributed by atoms with van der Waals surface area (Å²) in [6.07, 6.45) is 7.66. The third-order valence-electron chi connectivity index (χ3n) is 3.78. The summed E-state index contributed by atoms with van der Waals surface area (Å²) < 4.78 is 0.878. The molecule has 0 radical (unpaired) electrons. The lowest BCUT2D eigenvalue weighted by atomic mass is 10.2. The first kappa shape index (κ1) is 15.8. The van der Waals surface area contributed by atoms with Crippen LogP contribution in [0.5, 0.6) is 0 Å². The molecule has 2 aliphatic heterocycles. The topological polar surface area (TPSA) is 48.5 Å². The van der Waals surface area contributed by atoms with Gasteiger partial charge in [0.1, 0.15) is 5.82 Å². The van der Waals surface area contributed by atoms with Crippen molar-refractivity contribution in [2.45, 2.75) is 25.8 Å². The highest BCUT2D eigenvalue weighted by Crippen LogP contribution is 2.31. The summed E-state index contributed by atoms with van der Waals surface area (Å²) in [6, 6.07) is 0.179. The molecule has 2 amide bonds. The Kier molecular flexibility index (Phi) is 4.75. The van der Waals surface area contributed by atoms with Gasteiger partial charge in [0.2, 0.25) is 0 Å². The van der Waals surface area contributed by atoms with Gasteiger partial charge in [-0.15, -0.1) is 0 Å². The van der Waals surface area contributed by atoms with Crippen molar-refractivity contribution in [2.24, 2.45) is 0 Å². The molecule has 0 aliphatic carbocycles. The fourth-order valence-corrected chi connectivity index (χ4v) is 4.14. The lowest BCUT2D eigenvalue weighted by Gasteiger charge is -2.36. The molecule has 5 nitrogen and oxygen atoms in total. The zero-order chi connectivity index (χ0) is 15.7. The van der Waals surface area contributed by atoms with Gasteiger partial charge in [0, 0.05) is 19.1 Å². The molecule has 3 heterocycles. The van der Waals surface area contributed by atoms with E-state index in [1.807, 2.05) is 12.2 Å². The van der Waals surface area contributed by atoms with Crippen LogP contribution in [0.2, 0.25) is 0 Å². The van der Waals surface area contributed by atoms with Crippen LogP contribution in [-0.4, -0.2) is 39.9 Å². The van der Waals surface area contributed by atoms with Gasteiger partial charge in [0.25, 0.3) is 0 Å². The summed E-state index contributed by atoms with van der Waals surface area (Å²) >= 11 is 11.1. The van der Waals surface area contributed by atoms with Crippen LogP contribution in [0.4, 0.5) is 9.93 Å². The van der Waals surface area contributed by atoms with Crippen molar-refractivity contribution in [2.75, 3.05) is 18.4 Å². The number of aromatic nitrogens is 1. The smallest absolute Gasteiger partial charge is 0.329 e. The Hall–Kier alpha value is -1.05. The van der Waals surface area contributed by atoms with Gasteiger partial charge < -0.3 is 4.90 Å². The highest BCUT2D eigenvalue weighted by Gasteiger charge is 2.32. The van der Waals surface area contributed by atoms with Gasteiger partial charge in [0.05, 0.1) is 15.0 Å². The molecule has 3 rings (SSSR count). The van der Waals surface area contributed by atoms with E-state index in [1.54, 1.807) is 11.1 Å². The van der Waals surface area contributed by atoms with Crippen LogP contribution in [0.1, 0.15) is 19.8 Å². The molecule has 118 valence electrons. The van der Waals surface area contributed by atoms with E-state index in [0.717, 1.165) is 29.0 Å². The van der Waals surface area contributed by atoms with Gasteiger partial charge in [0.15, 0.2) is 5.13 Å². The summed E-state index contributed by atoms with van der Waals surface area (Å²) in [5.41, 5.74) is 0. The number of carbonyl (C=O) groups is 1. The molecule has 1 aromatic heterocycles. The van der Waals surface area contributed by atoms with E-state index >= 15 is 0 Å². The molecule has 22 heavy (non-hydrogen) atoms. The number of halogens is 2. The summed E-state index contributed by atoms with van der Waals surface area (Å²) in [6.45, 7) is 3.59. The number of carbonyl (C=O) groups excluding carboxylic acids is 1. The summed E-state index contributed by atoms with van der Waals surface area (Å²) in [7, 11) is 0. The largest absolute Gasteiger partial charge is 0.354 e. The molecule has 1 N–H and O–H groups in total. The molecule has 1 atom stereocenters. The Balaban J connectivity index is 1.82. The second kappa shape index (κ2) is 6.60. The minimum Gasteiger partial charge on any atom is -0.354 e. The van der Waals surface area contributed by atoms with Crippen LogP contribution in [0, 0.1) is 0 Å². The van der Waals surface area contributed by atoms with Crippen molar-refractivity contribution in [3.63, 3.8) is 0 Å². The molecule has 0 saturated carbocycles. The van der Waals surface area contributed by atoms with Crippen LogP contribution >= 0.6 is 38.9 Å². The predicted molar refractivity (Wildman–Crippen MR) is 93.0 cm³/mol. The molecule has 1 aromatic rings. The van der Waals surface area contributed by atoms with Crippen LogP contribution in [-0.2, 0) is 0 Å². The second-order valence-corrected chi connectivity index (χ2v) is 8.09. The quantitative estimate of drug-likeness (QED) is 0.805. The first-order chi connectivity index (χ1) is 10.6. The van der Waals surface area contributed by atoms with Crippen molar-refractivity contribution >= 4 is 50.0 Å². The van der Waals surface area contributed by atoms with Gasteiger partial charge in [-0.3, -0.25) is 10.2 Å². The maximum absolute atomic E-state index is 12.6. The van der Waals surface area contributed by atoms with Gasteiger partial charge in [-0.2, -0.15) is 0 Å². The molecule has 0 bridgehead atoms. The van der Waals surface area contributed by atoms with Crippen molar-refractivity contribution in [1.29, 1.82) is 0 Å². The van der Waals surface area contributed by atoms with E-state index in [1.165, 1.54) is 11.3 Å². The maximum Gasteiger partial charge on any atom is 0.329 e. The van der Waals surface area contributed by atoms with Crippen LogP contribution in [0.15, 0.2) is 33.0 Å². The number of hydrogen-bond acceptors (Lipinski definition) is 4. The number of hydrogen-bond donors (Lipinski definition) is 1. The maximum atomic E-state index is 12.6. The van der Waals surface area contributed by atoms with Gasteiger partial charge in [-0.1, -0.05) is 29.0 Å². The van der Waals surface area contributed by atoms with Gasteiger partial charge >= 0.3 is 6.03 Å². The highest BCUT2D eigenvalue weighted by molar-refractivity contribution is 9.11. The predicted octanol–water partition coefficient (Wildman–Crippen LogP) is 4.20. The zero-order valence-corrected chi connectivity index (χ0v) is 15.2. The zero-order valence-electron chi connectivity index (χ0n) is 12.1. The van der Waals surface area contributed by atoms with E-state index in [9.17, 15) is 4.79 Å². The standard InChI is InChI=1S/C14H16BrClN4OS/c1-9-4-2-6-19(9)12-10(16)5-3-7-20(12)14(21)18-13-17-8-11(15)22-13/h3,5,8-9H,2,4,6-7H2,1H3,(H,17,18,21). The van der Waals surface area contributed by atoms with Crippen molar-refractivity contribution in [3.8, 4) is 0 Å². The number of anilines is 1. The average Bonchev–Trinajstić information content (AvgIpc) is 3.07. The Morgan fingerprint density at radius 1 is 1.59 bits per heavy atom. The third-order valence-corrected chi connectivity index (χ3v) is 5.47. The molecular formula is C14H16BrClN4OS. The summed E-state index contributed by atoms with van der Waals surface area (Å²) in [5, 5.41) is 4.01. The van der Waals surface area contributed by atoms with E-state index in [2.05, 4.69) is 38.1 Å². The van der Waals surface area contributed by atoms with Crippen LogP contribution in [0.3, 0.4) is 0 Å². The van der Waals surface area contributed by atoms with E-state index in [0.29, 0.717) is 22.8 Å². The fourth-order valence-electron chi connectivity index (χ4n) is 2.74. The summed E-state index contributed by atoms with van der Waals surface area (Å²) in [4.78, 5) is 20.6. The van der Waals surface area contributed by atoms with E-state index in [-0.39, 0.29) is 6.03 Å². The molecule has 2 aliphatic rings. The minimum absolute atomic E-state index is 0.210. The Bertz CT molecular complexity index is 645. The number of allylic oxidation sites excluding steroid dienone is 2. The van der Waals surface area contributed by atoms with Crippen molar-refractivity contribution < 1.29 is 4.79 Å². The Morgan fingerprint density at radius 3 is 3.05 bits per heavy atom. The van der Waals surface area contributed by atoms with E-state index in [4.69, 9.17) is 11.6 Å². The number of nitrogens with zero attached hydrogens (tertiary/aromatic N) is 3. The number of rotatable bonds is 2. The lowest BCUT2D eigenvalue weighted by Crippen LogP contribution is -2.44. The van der Waals surface area contributed by atoms with Crippen molar-refractivity contribution in [3.05, 3.63) is 33.0 Å². The normalized spacial score (nSPS) is 21.7. The number of likely N-dealkylation sites (tertiary alicyclic amines) is 1. The van der Waals surface area contributed by atoms with Gasteiger partial charge in [-0.05, 0) is 41.8 Å². The number of thiazole rings is 1. The number of urea groups is 1. The first-order valence-electron chi connectivity index (χ1n) is 7.09. The number of amides is 2. The fraction of sp³-hybridized carbons (Fsp3) is 0.429. The monoisotopic (exact) mass is 402 g/mol. The van der Waals surface area contributed by atoms with Crippen molar-refractivity contribution in [1.82, 2.24) is 14.8 Å². The summed E-state index contributed by atoms with van der Waals surface area (Å²) in [5.74, 6) is 0.794. The molecule has 1 saturated heterocycles. The highest BCUT2D eigenvalue weighted by atomic mass is 79.9. The second-order valence-electron chi connectivity index (χ2n) is 5.27. The third kappa shape index (κ3) is 3.16. The number of nitrogens with one attached hydrogen (secondary N) is 1. The average molecular weight is 404 g/mol.